The highest BCUT2D eigenvalue weighted by atomic mass is 16.5. The fraction of sp³-hybridized carbons (Fsp3) is 0.211. The van der Waals surface area contributed by atoms with E-state index in [4.69, 9.17) is 4.74 Å². The lowest BCUT2D eigenvalue weighted by Gasteiger charge is -2.06. The summed E-state index contributed by atoms with van der Waals surface area (Å²) in [7, 11) is 0. The molecule has 0 fully saturated rings. The monoisotopic (exact) mass is 295 g/mol. The molecule has 3 heteroatoms. The van der Waals surface area contributed by atoms with E-state index in [1.54, 1.807) is 6.08 Å². The number of carbonyl (C=O) groups excluding carboxylic acids is 1. The van der Waals surface area contributed by atoms with E-state index in [9.17, 15) is 4.79 Å². The summed E-state index contributed by atoms with van der Waals surface area (Å²) in [5.41, 5.74) is 1.75. The van der Waals surface area contributed by atoms with Crippen molar-refractivity contribution in [1.82, 2.24) is 0 Å². The van der Waals surface area contributed by atoms with Crippen LogP contribution in [0, 0.1) is 0 Å². The summed E-state index contributed by atoms with van der Waals surface area (Å²) in [5, 5.41) is 2.83. The van der Waals surface area contributed by atoms with E-state index in [2.05, 4.69) is 12.2 Å². The van der Waals surface area contributed by atoms with E-state index < -0.39 is 0 Å². The van der Waals surface area contributed by atoms with Crippen LogP contribution in [0.1, 0.15) is 25.3 Å². The minimum absolute atomic E-state index is 0.150. The summed E-state index contributed by atoms with van der Waals surface area (Å²) >= 11 is 0. The van der Waals surface area contributed by atoms with Crippen LogP contribution in [0.2, 0.25) is 0 Å². The summed E-state index contributed by atoms with van der Waals surface area (Å²) in [4.78, 5) is 11.9. The molecule has 1 amide bonds. The van der Waals surface area contributed by atoms with Gasteiger partial charge in [-0.2, -0.15) is 0 Å². The largest absolute Gasteiger partial charge is 0.494 e. The van der Waals surface area contributed by atoms with Crippen molar-refractivity contribution in [3.63, 3.8) is 0 Å². The van der Waals surface area contributed by atoms with Crippen molar-refractivity contribution in [3.8, 4) is 5.75 Å². The minimum Gasteiger partial charge on any atom is -0.494 e. The zero-order valence-corrected chi connectivity index (χ0v) is 12.8. The number of unbranched alkanes of at least 4 members (excludes halogenated alkanes) is 1. The molecular formula is C19H21NO2. The van der Waals surface area contributed by atoms with Crippen LogP contribution in [0.4, 0.5) is 5.69 Å². The van der Waals surface area contributed by atoms with Gasteiger partial charge in [-0.05, 0) is 42.3 Å². The zero-order chi connectivity index (χ0) is 15.6. The minimum atomic E-state index is -0.150. The van der Waals surface area contributed by atoms with Crippen molar-refractivity contribution in [2.75, 3.05) is 11.9 Å². The molecule has 0 aromatic heterocycles. The molecule has 2 aromatic carbocycles. The number of amides is 1. The van der Waals surface area contributed by atoms with Crippen molar-refractivity contribution >= 4 is 17.7 Å². The van der Waals surface area contributed by atoms with E-state index in [0.717, 1.165) is 36.4 Å². The molecule has 0 heterocycles. The first kappa shape index (κ1) is 15.8. The molecule has 0 aliphatic carbocycles. The maximum Gasteiger partial charge on any atom is 0.248 e. The third kappa shape index (κ3) is 5.44. The standard InChI is InChI=1S/C19H21NO2/c1-2-3-15-22-18-12-10-17(11-13-18)20-19(21)14-9-16-7-5-4-6-8-16/h4-14H,2-3,15H2,1H3,(H,20,21). The molecule has 114 valence electrons. The van der Waals surface area contributed by atoms with Gasteiger partial charge < -0.3 is 10.1 Å². The Kier molecular flexibility index (Phi) is 6.24. The van der Waals surface area contributed by atoms with Crippen LogP contribution in [0.25, 0.3) is 6.08 Å². The number of benzene rings is 2. The van der Waals surface area contributed by atoms with Gasteiger partial charge in [0.15, 0.2) is 0 Å². The third-order valence-electron chi connectivity index (χ3n) is 3.12. The molecule has 0 aliphatic rings. The lowest BCUT2D eigenvalue weighted by atomic mass is 10.2. The molecular weight excluding hydrogens is 274 g/mol. The van der Waals surface area contributed by atoms with Gasteiger partial charge in [-0.3, -0.25) is 4.79 Å². The number of carbonyl (C=O) groups is 1. The van der Waals surface area contributed by atoms with Crippen LogP contribution in [0.5, 0.6) is 5.75 Å². The molecule has 0 aliphatic heterocycles. The van der Waals surface area contributed by atoms with Gasteiger partial charge in [-0.25, -0.2) is 0 Å². The SMILES string of the molecule is CCCCOc1ccc(NC(=O)C=Cc2ccccc2)cc1. The van der Waals surface area contributed by atoms with Gasteiger partial charge in [-0.15, -0.1) is 0 Å². The summed E-state index contributed by atoms with van der Waals surface area (Å²) in [6.45, 7) is 2.85. The molecule has 3 nitrogen and oxygen atoms in total. The quantitative estimate of drug-likeness (QED) is 0.602. The van der Waals surface area contributed by atoms with E-state index >= 15 is 0 Å². The third-order valence-corrected chi connectivity index (χ3v) is 3.12. The number of anilines is 1. The van der Waals surface area contributed by atoms with E-state index in [1.165, 1.54) is 6.08 Å². The van der Waals surface area contributed by atoms with Crippen molar-refractivity contribution in [2.24, 2.45) is 0 Å². The Labute approximate surface area is 131 Å². The summed E-state index contributed by atoms with van der Waals surface area (Å²) in [5.74, 6) is 0.676. The normalized spacial score (nSPS) is 10.6. The maximum absolute atomic E-state index is 11.9. The number of ether oxygens (including phenoxy) is 1. The highest BCUT2D eigenvalue weighted by Crippen LogP contribution is 2.16. The molecule has 0 saturated carbocycles. The molecule has 2 rings (SSSR count). The summed E-state index contributed by atoms with van der Waals surface area (Å²) in [6, 6.07) is 17.1. The van der Waals surface area contributed by atoms with Crippen LogP contribution in [-0.4, -0.2) is 12.5 Å². The fourth-order valence-corrected chi connectivity index (χ4v) is 1.89. The average Bonchev–Trinajstić information content (AvgIpc) is 2.56. The predicted molar refractivity (Wildman–Crippen MR) is 91.0 cm³/mol. The van der Waals surface area contributed by atoms with E-state index in [0.29, 0.717) is 0 Å². The van der Waals surface area contributed by atoms with Gasteiger partial charge in [-0.1, -0.05) is 43.7 Å². The second kappa shape index (κ2) is 8.67. The first-order chi connectivity index (χ1) is 10.8. The molecule has 0 saturated heterocycles. The Morgan fingerprint density at radius 2 is 1.82 bits per heavy atom. The van der Waals surface area contributed by atoms with Crippen LogP contribution in [0.3, 0.4) is 0 Å². The first-order valence-corrected chi connectivity index (χ1v) is 7.55. The molecule has 0 unspecified atom stereocenters. The van der Waals surface area contributed by atoms with Crippen molar-refractivity contribution < 1.29 is 9.53 Å². The summed E-state index contributed by atoms with van der Waals surface area (Å²) in [6.07, 6.45) is 5.48. The molecule has 0 radical (unpaired) electrons. The Morgan fingerprint density at radius 3 is 2.50 bits per heavy atom. The summed E-state index contributed by atoms with van der Waals surface area (Å²) < 4.78 is 5.59. The van der Waals surface area contributed by atoms with Gasteiger partial charge >= 0.3 is 0 Å². The topological polar surface area (TPSA) is 38.3 Å². The smallest absolute Gasteiger partial charge is 0.248 e. The van der Waals surface area contributed by atoms with Gasteiger partial charge in [0.1, 0.15) is 5.75 Å². The van der Waals surface area contributed by atoms with Gasteiger partial charge in [0.05, 0.1) is 6.61 Å². The van der Waals surface area contributed by atoms with Gasteiger partial charge in [0.25, 0.3) is 0 Å². The number of rotatable bonds is 7. The Balaban J connectivity index is 1.85. The van der Waals surface area contributed by atoms with Crippen molar-refractivity contribution in [3.05, 3.63) is 66.2 Å². The number of nitrogens with one attached hydrogen (secondary N) is 1. The molecule has 1 N–H and O–H groups in total. The lowest BCUT2D eigenvalue weighted by molar-refractivity contribution is -0.111. The Morgan fingerprint density at radius 1 is 1.09 bits per heavy atom. The number of hydrogen-bond acceptors (Lipinski definition) is 2. The maximum atomic E-state index is 11.9. The predicted octanol–water partition coefficient (Wildman–Crippen LogP) is 4.52. The molecule has 0 spiro atoms. The van der Waals surface area contributed by atoms with Crippen LogP contribution in [-0.2, 0) is 4.79 Å². The Hall–Kier alpha value is -2.55. The molecule has 0 atom stereocenters. The van der Waals surface area contributed by atoms with Crippen molar-refractivity contribution in [2.45, 2.75) is 19.8 Å². The molecule has 0 bridgehead atoms. The van der Waals surface area contributed by atoms with Crippen LogP contribution in [0.15, 0.2) is 60.7 Å². The highest BCUT2D eigenvalue weighted by Gasteiger charge is 1.99. The van der Waals surface area contributed by atoms with Gasteiger partial charge in [0.2, 0.25) is 5.91 Å². The second-order valence-electron chi connectivity index (χ2n) is 4.96. The van der Waals surface area contributed by atoms with E-state index in [-0.39, 0.29) is 5.91 Å². The lowest BCUT2D eigenvalue weighted by Crippen LogP contribution is -2.07. The van der Waals surface area contributed by atoms with E-state index in [1.807, 2.05) is 54.6 Å². The molecule has 2 aromatic rings. The Bertz CT molecular complexity index is 603. The second-order valence-corrected chi connectivity index (χ2v) is 4.96. The fourth-order valence-electron chi connectivity index (χ4n) is 1.89. The van der Waals surface area contributed by atoms with Crippen LogP contribution < -0.4 is 10.1 Å². The highest BCUT2D eigenvalue weighted by molar-refractivity contribution is 6.01. The zero-order valence-electron chi connectivity index (χ0n) is 12.8. The average molecular weight is 295 g/mol. The van der Waals surface area contributed by atoms with Gasteiger partial charge in [0, 0.05) is 11.8 Å². The number of hydrogen-bond donors (Lipinski definition) is 1. The van der Waals surface area contributed by atoms with Crippen molar-refractivity contribution in [1.29, 1.82) is 0 Å². The first-order valence-electron chi connectivity index (χ1n) is 7.55. The van der Waals surface area contributed by atoms with Crippen LogP contribution >= 0.6 is 0 Å². The molecule has 22 heavy (non-hydrogen) atoms.